The van der Waals surface area contributed by atoms with Gasteiger partial charge in [-0.1, -0.05) is 23.8 Å². The van der Waals surface area contributed by atoms with Crippen molar-refractivity contribution in [2.24, 2.45) is 0 Å². The van der Waals surface area contributed by atoms with Crippen molar-refractivity contribution >= 4 is 21.6 Å². The van der Waals surface area contributed by atoms with Crippen molar-refractivity contribution in [1.82, 2.24) is 4.31 Å². The van der Waals surface area contributed by atoms with Gasteiger partial charge in [-0.2, -0.15) is 4.31 Å². The van der Waals surface area contributed by atoms with Crippen LogP contribution in [0.25, 0.3) is 0 Å². The van der Waals surface area contributed by atoms with Gasteiger partial charge in [-0.05, 0) is 62.9 Å². The Labute approximate surface area is 155 Å². The Morgan fingerprint density at radius 2 is 1.62 bits per heavy atom. The van der Waals surface area contributed by atoms with Crippen LogP contribution in [-0.4, -0.2) is 31.7 Å². The van der Waals surface area contributed by atoms with Crippen molar-refractivity contribution < 1.29 is 13.2 Å². The second-order valence-electron chi connectivity index (χ2n) is 6.86. The molecule has 0 radical (unpaired) electrons. The van der Waals surface area contributed by atoms with Gasteiger partial charge in [0, 0.05) is 24.3 Å². The van der Waals surface area contributed by atoms with Gasteiger partial charge < -0.3 is 5.32 Å². The summed E-state index contributed by atoms with van der Waals surface area (Å²) in [5, 5.41) is 2.83. The lowest BCUT2D eigenvalue weighted by atomic mass is 10.0. The number of sulfonamides is 1. The number of anilines is 1. The van der Waals surface area contributed by atoms with Crippen LogP contribution in [0, 0.1) is 20.8 Å². The first-order valence-electron chi connectivity index (χ1n) is 8.78. The molecule has 1 heterocycles. The Kier molecular flexibility index (Phi) is 5.16. The van der Waals surface area contributed by atoms with Gasteiger partial charge in [-0.15, -0.1) is 0 Å². The second kappa shape index (κ2) is 7.21. The molecule has 0 unspecified atom stereocenters. The van der Waals surface area contributed by atoms with Gasteiger partial charge in [0.1, 0.15) is 0 Å². The summed E-state index contributed by atoms with van der Waals surface area (Å²) in [5.41, 5.74) is 3.64. The molecule has 0 bridgehead atoms. The van der Waals surface area contributed by atoms with Crippen molar-refractivity contribution in [3.8, 4) is 0 Å². The zero-order valence-electron chi connectivity index (χ0n) is 15.4. The van der Waals surface area contributed by atoms with Crippen LogP contribution in [0.4, 0.5) is 5.69 Å². The van der Waals surface area contributed by atoms with Crippen LogP contribution in [0.15, 0.2) is 41.3 Å². The molecule has 0 aromatic heterocycles. The fraction of sp³-hybridized carbons (Fsp3) is 0.350. The summed E-state index contributed by atoms with van der Waals surface area (Å²) in [6, 6.07) is 10.7. The highest BCUT2D eigenvalue weighted by Gasteiger charge is 2.28. The Balaban J connectivity index is 1.90. The molecule has 0 spiro atoms. The molecule has 1 aliphatic heterocycles. The molecule has 1 aliphatic rings. The largest absolute Gasteiger partial charge is 0.322 e. The number of rotatable bonds is 4. The average Bonchev–Trinajstić information content (AvgIpc) is 3.14. The fourth-order valence-corrected chi connectivity index (χ4v) is 4.97. The maximum Gasteiger partial charge on any atom is 0.255 e. The van der Waals surface area contributed by atoms with E-state index in [1.165, 1.54) is 4.31 Å². The Morgan fingerprint density at radius 3 is 2.31 bits per heavy atom. The molecule has 3 rings (SSSR count). The summed E-state index contributed by atoms with van der Waals surface area (Å²) in [4.78, 5) is 12.9. The van der Waals surface area contributed by atoms with Crippen molar-refractivity contribution in [3.05, 3.63) is 58.7 Å². The lowest BCUT2D eigenvalue weighted by molar-refractivity contribution is 0.102. The fourth-order valence-electron chi connectivity index (χ4n) is 3.20. The third-order valence-electron chi connectivity index (χ3n) is 4.77. The zero-order chi connectivity index (χ0) is 18.9. The SMILES string of the molecule is Cc1ccc(C)c(C(=O)Nc2ccc(C)c(S(=O)(=O)N3CCCC3)c2)c1. The van der Waals surface area contributed by atoms with E-state index >= 15 is 0 Å². The van der Waals surface area contributed by atoms with Gasteiger partial charge in [-0.3, -0.25) is 4.79 Å². The van der Waals surface area contributed by atoms with Crippen LogP contribution in [0.1, 0.15) is 39.9 Å². The van der Waals surface area contributed by atoms with Gasteiger partial charge >= 0.3 is 0 Å². The van der Waals surface area contributed by atoms with Crippen LogP contribution in [0.5, 0.6) is 0 Å². The molecule has 138 valence electrons. The Hall–Kier alpha value is -2.18. The first kappa shape index (κ1) is 18.6. The van der Waals surface area contributed by atoms with E-state index in [1.54, 1.807) is 25.1 Å². The van der Waals surface area contributed by atoms with Crippen molar-refractivity contribution in [1.29, 1.82) is 0 Å². The van der Waals surface area contributed by atoms with Crippen molar-refractivity contribution in [2.75, 3.05) is 18.4 Å². The number of carbonyl (C=O) groups is 1. The van der Waals surface area contributed by atoms with E-state index in [1.807, 2.05) is 32.0 Å². The van der Waals surface area contributed by atoms with E-state index in [2.05, 4.69) is 5.32 Å². The molecule has 1 saturated heterocycles. The standard InChI is InChI=1S/C20H24N2O3S/c1-14-6-7-15(2)18(12-14)20(23)21-17-9-8-16(3)19(13-17)26(24,25)22-10-4-5-11-22/h6-9,12-13H,4-5,10-11H2,1-3H3,(H,21,23). The normalized spacial score (nSPS) is 15.2. The number of benzene rings is 2. The van der Waals surface area contributed by atoms with E-state index < -0.39 is 10.0 Å². The summed E-state index contributed by atoms with van der Waals surface area (Å²) >= 11 is 0. The van der Waals surface area contributed by atoms with Crippen LogP contribution in [0.2, 0.25) is 0 Å². The van der Waals surface area contributed by atoms with E-state index in [0.29, 0.717) is 29.9 Å². The summed E-state index contributed by atoms with van der Waals surface area (Å²) < 4.78 is 27.3. The van der Waals surface area contributed by atoms with Crippen molar-refractivity contribution in [2.45, 2.75) is 38.5 Å². The number of carbonyl (C=O) groups excluding carboxylic acids is 1. The summed E-state index contributed by atoms with van der Waals surface area (Å²) in [6.45, 7) is 6.70. The molecule has 1 amide bonds. The Morgan fingerprint density at radius 1 is 0.962 bits per heavy atom. The van der Waals surface area contributed by atoms with Gasteiger partial charge in [-0.25, -0.2) is 8.42 Å². The Bertz CT molecular complexity index is 946. The molecule has 26 heavy (non-hydrogen) atoms. The highest BCUT2D eigenvalue weighted by atomic mass is 32.2. The molecule has 0 aliphatic carbocycles. The molecule has 6 heteroatoms. The summed E-state index contributed by atoms with van der Waals surface area (Å²) in [6.07, 6.45) is 1.78. The topological polar surface area (TPSA) is 66.5 Å². The number of amides is 1. The molecule has 5 nitrogen and oxygen atoms in total. The molecule has 2 aromatic rings. The number of nitrogens with one attached hydrogen (secondary N) is 1. The number of hydrogen-bond acceptors (Lipinski definition) is 3. The summed E-state index contributed by atoms with van der Waals surface area (Å²) in [7, 11) is -3.53. The molecule has 1 N–H and O–H groups in total. The predicted molar refractivity (Wildman–Crippen MR) is 103 cm³/mol. The quantitative estimate of drug-likeness (QED) is 0.891. The first-order valence-corrected chi connectivity index (χ1v) is 10.2. The third kappa shape index (κ3) is 3.66. The first-order chi connectivity index (χ1) is 12.3. The van der Waals surface area contributed by atoms with Gasteiger partial charge in [0.05, 0.1) is 4.90 Å². The molecule has 0 atom stereocenters. The second-order valence-corrected chi connectivity index (χ2v) is 8.77. The highest BCUT2D eigenvalue weighted by Crippen LogP contribution is 2.26. The van der Waals surface area contributed by atoms with Crippen molar-refractivity contribution in [3.63, 3.8) is 0 Å². The van der Waals surface area contributed by atoms with E-state index in [4.69, 9.17) is 0 Å². The lowest BCUT2D eigenvalue weighted by Crippen LogP contribution is -2.28. The van der Waals surface area contributed by atoms with E-state index in [0.717, 1.165) is 24.0 Å². The zero-order valence-corrected chi connectivity index (χ0v) is 16.2. The molecule has 0 saturated carbocycles. The summed E-state index contributed by atoms with van der Waals surface area (Å²) in [5.74, 6) is -0.237. The van der Waals surface area contributed by atoms with Crippen LogP contribution < -0.4 is 5.32 Å². The maximum absolute atomic E-state index is 12.9. The number of nitrogens with zero attached hydrogens (tertiary/aromatic N) is 1. The predicted octanol–water partition coefficient (Wildman–Crippen LogP) is 3.65. The van der Waals surface area contributed by atoms with Gasteiger partial charge in [0.25, 0.3) is 5.91 Å². The molecular weight excluding hydrogens is 348 g/mol. The van der Waals surface area contributed by atoms with E-state index in [9.17, 15) is 13.2 Å². The smallest absolute Gasteiger partial charge is 0.255 e. The van der Waals surface area contributed by atoms with Gasteiger partial charge in [0.2, 0.25) is 10.0 Å². The number of aryl methyl sites for hydroxylation is 3. The number of hydrogen-bond donors (Lipinski definition) is 1. The molecular formula is C20H24N2O3S. The monoisotopic (exact) mass is 372 g/mol. The molecule has 2 aromatic carbocycles. The molecule has 1 fully saturated rings. The van der Waals surface area contributed by atoms with E-state index in [-0.39, 0.29) is 10.8 Å². The lowest BCUT2D eigenvalue weighted by Gasteiger charge is -2.18. The average molecular weight is 372 g/mol. The minimum Gasteiger partial charge on any atom is -0.322 e. The van der Waals surface area contributed by atoms with Crippen LogP contribution in [-0.2, 0) is 10.0 Å². The van der Waals surface area contributed by atoms with Gasteiger partial charge in [0.15, 0.2) is 0 Å². The third-order valence-corrected chi connectivity index (χ3v) is 6.81. The minimum absolute atomic E-state index is 0.237. The minimum atomic E-state index is -3.53. The maximum atomic E-state index is 12.9. The van der Waals surface area contributed by atoms with Crippen LogP contribution >= 0.6 is 0 Å². The highest BCUT2D eigenvalue weighted by molar-refractivity contribution is 7.89. The van der Waals surface area contributed by atoms with Crippen LogP contribution in [0.3, 0.4) is 0 Å².